The van der Waals surface area contributed by atoms with Gasteiger partial charge in [-0.2, -0.15) is 0 Å². The highest BCUT2D eigenvalue weighted by atomic mass is 32.2. The summed E-state index contributed by atoms with van der Waals surface area (Å²) in [6.07, 6.45) is 6.16. The van der Waals surface area contributed by atoms with Gasteiger partial charge in [0.15, 0.2) is 0 Å². The summed E-state index contributed by atoms with van der Waals surface area (Å²) in [7, 11) is 0.334. The molecule has 0 saturated carbocycles. The van der Waals surface area contributed by atoms with Gasteiger partial charge in [0.25, 0.3) is 0 Å². The highest BCUT2D eigenvalue weighted by molar-refractivity contribution is 7.94. The summed E-state index contributed by atoms with van der Waals surface area (Å²) in [5.74, 6) is 1.66. The van der Waals surface area contributed by atoms with Gasteiger partial charge in [-0.05, 0) is 26.0 Å². The normalized spacial score (nSPS) is 19.3. The summed E-state index contributed by atoms with van der Waals surface area (Å²) in [6.45, 7) is 3.75. The molecule has 1 rings (SSSR count). The fraction of sp³-hybridized carbons (Fsp3) is 0.800. The lowest BCUT2D eigenvalue weighted by molar-refractivity contribution is 0.447. The van der Waals surface area contributed by atoms with Crippen LogP contribution in [-0.4, -0.2) is 40.8 Å². The predicted molar refractivity (Wildman–Crippen MR) is 61.8 cm³/mol. The third kappa shape index (κ3) is 3.70. The molecule has 0 N–H and O–H groups in total. The van der Waals surface area contributed by atoms with E-state index in [-0.39, 0.29) is 0 Å². The number of hydrogen-bond acceptors (Lipinski definition) is 3. The Kier molecular flexibility index (Phi) is 4.45. The Morgan fingerprint density at radius 3 is 2.71 bits per heavy atom. The number of hydrogen-bond donors (Lipinski definition) is 0. The van der Waals surface area contributed by atoms with E-state index in [0.29, 0.717) is 0 Å². The van der Waals surface area contributed by atoms with E-state index in [1.165, 1.54) is 0 Å². The summed E-state index contributed by atoms with van der Waals surface area (Å²) in [6, 6.07) is 0. The monoisotopic (exact) mass is 216 g/mol. The van der Waals surface area contributed by atoms with Gasteiger partial charge in [-0.3, -0.25) is 0 Å². The lowest BCUT2D eigenvalue weighted by atomic mass is 10.4. The van der Waals surface area contributed by atoms with Gasteiger partial charge in [-0.1, -0.05) is 6.08 Å². The van der Waals surface area contributed by atoms with Gasteiger partial charge in [0.05, 0.1) is 6.54 Å². The minimum Gasteiger partial charge on any atom is -0.381 e. The minimum absolute atomic E-state index is 0.751. The topological polar surface area (TPSA) is 32.7 Å². The molecular formula is C10H20N2OS. The van der Waals surface area contributed by atoms with Crippen molar-refractivity contribution in [1.29, 1.82) is 0 Å². The molecule has 14 heavy (non-hydrogen) atoms. The fourth-order valence-corrected chi connectivity index (χ4v) is 2.90. The molecule has 0 radical (unpaired) electrons. The van der Waals surface area contributed by atoms with E-state index in [0.717, 1.165) is 37.4 Å². The van der Waals surface area contributed by atoms with Crippen LogP contribution in [0.1, 0.15) is 19.8 Å². The zero-order valence-electron chi connectivity index (χ0n) is 9.11. The molecule has 3 nitrogen and oxygen atoms in total. The molecule has 0 spiro atoms. The minimum atomic E-state index is -1.71. The summed E-state index contributed by atoms with van der Waals surface area (Å²) >= 11 is 0. The maximum Gasteiger partial charge on any atom is 0.0501 e. The van der Waals surface area contributed by atoms with Gasteiger partial charge in [-0.15, -0.1) is 0 Å². The van der Waals surface area contributed by atoms with Crippen LogP contribution in [0.25, 0.3) is 0 Å². The fourth-order valence-electron chi connectivity index (χ4n) is 1.40. The molecule has 0 aliphatic carbocycles. The lowest BCUT2D eigenvalue weighted by Crippen LogP contribution is -2.24. The van der Waals surface area contributed by atoms with E-state index >= 15 is 0 Å². The molecule has 1 saturated heterocycles. The second-order valence-corrected chi connectivity index (χ2v) is 6.32. The zero-order chi connectivity index (χ0) is 10.4. The van der Waals surface area contributed by atoms with Crippen LogP contribution in [-0.2, 0) is 9.73 Å². The molecule has 0 aromatic heterocycles. The van der Waals surface area contributed by atoms with Crippen LogP contribution in [0.3, 0.4) is 0 Å². The largest absolute Gasteiger partial charge is 0.381 e. The maximum atomic E-state index is 11.6. The Bertz CT molecular complexity index is 293. The molecule has 82 valence electrons. The average Bonchev–Trinajstić information content (AvgIpc) is 2.10. The van der Waals surface area contributed by atoms with Crippen LogP contribution in [0.4, 0.5) is 0 Å². The molecule has 0 amide bonds. The maximum absolute atomic E-state index is 11.6. The molecule has 0 aromatic carbocycles. The highest BCUT2D eigenvalue weighted by Gasteiger charge is 2.17. The first-order valence-electron chi connectivity index (χ1n) is 5.18. The number of nitrogens with zero attached hydrogens (tertiary/aromatic N) is 2. The van der Waals surface area contributed by atoms with Crippen molar-refractivity contribution >= 4 is 9.73 Å². The van der Waals surface area contributed by atoms with Crippen molar-refractivity contribution in [3.05, 3.63) is 12.3 Å². The zero-order valence-corrected chi connectivity index (χ0v) is 9.92. The Hall–Kier alpha value is -0.510. The van der Waals surface area contributed by atoms with Crippen LogP contribution >= 0.6 is 0 Å². The van der Waals surface area contributed by atoms with Crippen molar-refractivity contribution in [3.8, 4) is 0 Å². The molecule has 1 fully saturated rings. The summed E-state index contributed by atoms with van der Waals surface area (Å²) in [5, 5.41) is 0. The molecular weight excluding hydrogens is 196 g/mol. The average molecular weight is 216 g/mol. The molecule has 0 bridgehead atoms. The van der Waals surface area contributed by atoms with E-state index < -0.39 is 9.73 Å². The van der Waals surface area contributed by atoms with Crippen molar-refractivity contribution in [2.75, 3.05) is 31.6 Å². The quantitative estimate of drug-likeness (QED) is 0.655. The third-order valence-electron chi connectivity index (χ3n) is 2.33. The first-order chi connectivity index (χ1) is 6.66. The van der Waals surface area contributed by atoms with Gasteiger partial charge in [0.2, 0.25) is 0 Å². The number of allylic oxidation sites excluding steroid dienone is 1. The summed E-state index contributed by atoms with van der Waals surface area (Å²) in [5.41, 5.74) is 0. The Balaban J connectivity index is 2.16. The summed E-state index contributed by atoms with van der Waals surface area (Å²) < 4.78 is 15.9. The van der Waals surface area contributed by atoms with Crippen molar-refractivity contribution in [2.45, 2.75) is 19.8 Å². The van der Waals surface area contributed by atoms with Gasteiger partial charge >= 0.3 is 0 Å². The van der Waals surface area contributed by atoms with Crippen LogP contribution < -0.4 is 0 Å². The predicted octanol–water partition coefficient (Wildman–Crippen LogP) is 1.71. The van der Waals surface area contributed by atoms with E-state index in [9.17, 15) is 4.21 Å². The van der Waals surface area contributed by atoms with Crippen molar-refractivity contribution in [2.24, 2.45) is 4.36 Å². The highest BCUT2D eigenvalue weighted by Crippen LogP contribution is 2.12. The van der Waals surface area contributed by atoms with E-state index in [1.54, 1.807) is 0 Å². The molecule has 0 atom stereocenters. The molecule has 1 aliphatic heterocycles. The van der Waals surface area contributed by atoms with Crippen LogP contribution in [0.15, 0.2) is 16.6 Å². The first-order valence-corrected chi connectivity index (χ1v) is 7.03. The molecule has 4 heteroatoms. The molecule has 1 heterocycles. The Morgan fingerprint density at radius 1 is 1.50 bits per heavy atom. The van der Waals surface area contributed by atoms with Crippen molar-refractivity contribution in [1.82, 2.24) is 4.90 Å². The smallest absolute Gasteiger partial charge is 0.0501 e. The van der Waals surface area contributed by atoms with Gasteiger partial charge in [0, 0.05) is 34.8 Å². The third-order valence-corrected chi connectivity index (χ3v) is 4.83. The molecule has 0 aromatic rings. The molecule has 0 unspecified atom stereocenters. The van der Waals surface area contributed by atoms with Crippen LogP contribution in [0.5, 0.6) is 0 Å². The van der Waals surface area contributed by atoms with E-state index in [1.807, 2.05) is 26.2 Å². The van der Waals surface area contributed by atoms with Gasteiger partial charge in [0.1, 0.15) is 0 Å². The molecule has 1 aliphatic rings. The number of rotatable bonds is 5. The van der Waals surface area contributed by atoms with Gasteiger partial charge in [-0.25, -0.2) is 8.57 Å². The van der Waals surface area contributed by atoms with Crippen LogP contribution in [0.2, 0.25) is 0 Å². The van der Waals surface area contributed by atoms with Gasteiger partial charge < -0.3 is 4.90 Å². The van der Waals surface area contributed by atoms with Crippen molar-refractivity contribution in [3.63, 3.8) is 0 Å². The Morgan fingerprint density at radius 2 is 2.21 bits per heavy atom. The summed E-state index contributed by atoms with van der Waals surface area (Å²) in [4.78, 5) is 2.13. The van der Waals surface area contributed by atoms with Crippen molar-refractivity contribution < 1.29 is 4.21 Å². The van der Waals surface area contributed by atoms with E-state index in [4.69, 9.17) is 0 Å². The van der Waals surface area contributed by atoms with Crippen LogP contribution in [0, 0.1) is 0 Å². The second kappa shape index (κ2) is 5.39. The first kappa shape index (κ1) is 11.6. The Labute approximate surface area is 87.4 Å². The standard InChI is InChI=1S/C10H20N2OS/c1-3-7-12(2)8-4-6-11-14(13)9-5-10-14/h3,7H,4-6,8-10H2,1-2H3/b7-3+. The SMILES string of the molecule is C/C=C/N(C)CCCN=S1(=O)CCC1. The lowest BCUT2D eigenvalue weighted by Gasteiger charge is -2.18. The van der Waals surface area contributed by atoms with E-state index in [2.05, 4.69) is 9.26 Å². The second-order valence-electron chi connectivity index (χ2n) is 3.70.